The molecule has 2 aromatic rings. The van der Waals surface area contributed by atoms with E-state index in [1.165, 1.54) is 7.11 Å². The van der Waals surface area contributed by atoms with Gasteiger partial charge in [0.25, 0.3) is 5.91 Å². The zero-order valence-corrected chi connectivity index (χ0v) is 10.1. The van der Waals surface area contributed by atoms with Gasteiger partial charge in [0, 0.05) is 12.1 Å². The highest BCUT2D eigenvalue weighted by molar-refractivity contribution is 6.04. The number of hydrogen-bond donors (Lipinski definition) is 2. The van der Waals surface area contributed by atoms with E-state index < -0.39 is 5.91 Å². The predicted molar refractivity (Wildman–Crippen MR) is 66.6 cm³/mol. The van der Waals surface area contributed by atoms with E-state index in [2.05, 4.69) is 10.5 Å². The largest absolute Gasteiger partial charge is 0.497 e. The number of ether oxygens (including phenoxy) is 1. The van der Waals surface area contributed by atoms with Crippen LogP contribution < -0.4 is 15.8 Å². The van der Waals surface area contributed by atoms with Gasteiger partial charge >= 0.3 is 0 Å². The molecule has 0 saturated carbocycles. The van der Waals surface area contributed by atoms with E-state index in [1.807, 2.05) is 0 Å². The van der Waals surface area contributed by atoms with Gasteiger partial charge in [0.2, 0.25) is 5.76 Å². The van der Waals surface area contributed by atoms with Crippen molar-refractivity contribution in [2.75, 3.05) is 18.2 Å². The van der Waals surface area contributed by atoms with Gasteiger partial charge in [-0.15, -0.1) is 0 Å². The van der Waals surface area contributed by atoms with Gasteiger partial charge in [-0.25, -0.2) is 0 Å². The fraction of sp³-hybridized carbons (Fsp3) is 0.167. The minimum atomic E-state index is -0.407. The summed E-state index contributed by atoms with van der Waals surface area (Å²) >= 11 is 0. The van der Waals surface area contributed by atoms with E-state index in [-0.39, 0.29) is 5.76 Å². The number of amides is 1. The Morgan fingerprint density at radius 2 is 2.22 bits per heavy atom. The Morgan fingerprint density at radius 3 is 2.83 bits per heavy atom. The Labute approximate surface area is 104 Å². The monoisotopic (exact) mass is 247 g/mol. The fourth-order valence-corrected chi connectivity index (χ4v) is 1.43. The van der Waals surface area contributed by atoms with Crippen LogP contribution in [0.25, 0.3) is 0 Å². The van der Waals surface area contributed by atoms with Crippen molar-refractivity contribution in [2.24, 2.45) is 0 Å². The zero-order valence-electron chi connectivity index (χ0n) is 10.1. The second-order valence-electron chi connectivity index (χ2n) is 3.74. The Hall–Kier alpha value is -2.50. The molecule has 1 aromatic carbocycles. The van der Waals surface area contributed by atoms with Crippen LogP contribution in [0.4, 0.5) is 11.4 Å². The number of rotatable bonds is 3. The van der Waals surface area contributed by atoms with Crippen LogP contribution in [0.1, 0.15) is 16.2 Å². The first-order valence-corrected chi connectivity index (χ1v) is 5.28. The third-order valence-corrected chi connectivity index (χ3v) is 2.36. The Balaban J connectivity index is 2.21. The second kappa shape index (κ2) is 4.79. The summed E-state index contributed by atoms with van der Waals surface area (Å²) in [6.45, 7) is 1.74. The quantitative estimate of drug-likeness (QED) is 0.807. The molecule has 0 atom stereocenters. The van der Waals surface area contributed by atoms with Crippen LogP contribution in [0.15, 0.2) is 28.8 Å². The first kappa shape index (κ1) is 12.0. The van der Waals surface area contributed by atoms with E-state index >= 15 is 0 Å². The zero-order chi connectivity index (χ0) is 13.1. The van der Waals surface area contributed by atoms with Crippen LogP contribution >= 0.6 is 0 Å². The number of nitrogens with one attached hydrogen (secondary N) is 1. The van der Waals surface area contributed by atoms with Gasteiger partial charge in [0.05, 0.1) is 24.2 Å². The van der Waals surface area contributed by atoms with Crippen molar-refractivity contribution in [3.63, 3.8) is 0 Å². The van der Waals surface area contributed by atoms with Crippen molar-refractivity contribution in [3.8, 4) is 5.75 Å². The molecule has 6 heteroatoms. The lowest BCUT2D eigenvalue weighted by Crippen LogP contribution is -2.12. The summed E-state index contributed by atoms with van der Waals surface area (Å²) in [5.41, 5.74) is 7.31. The summed E-state index contributed by atoms with van der Waals surface area (Å²) in [4.78, 5) is 11.8. The fourth-order valence-electron chi connectivity index (χ4n) is 1.43. The topological polar surface area (TPSA) is 90.4 Å². The third-order valence-electron chi connectivity index (χ3n) is 2.36. The van der Waals surface area contributed by atoms with Gasteiger partial charge in [-0.2, -0.15) is 0 Å². The van der Waals surface area contributed by atoms with E-state index in [9.17, 15) is 4.79 Å². The molecule has 2 rings (SSSR count). The molecular weight excluding hydrogens is 234 g/mol. The van der Waals surface area contributed by atoms with Crippen molar-refractivity contribution in [3.05, 3.63) is 35.7 Å². The molecular formula is C12H13N3O3. The molecule has 0 bridgehead atoms. The lowest BCUT2D eigenvalue weighted by atomic mass is 10.2. The number of anilines is 2. The molecule has 3 N–H and O–H groups in total. The molecule has 0 aliphatic heterocycles. The molecule has 1 amide bonds. The molecule has 0 spiro atoms. The lowest BCUT2D eigenvalue weighted by Gasteiger charge is -2.08. The first-order chi connectivity index (χ1) is 8.60. The molecule has 1 heterocycles. The maximum absolute atomic E-state index is 11.8. The van der Waals surface area contributed by atoms with Gasteiger partial charge in [0.15, 0.2) is 0 Å². The van der Waals surface area contributed by atoms with Crippen molar-refractivity contribution in [2.45, 2.75) is 6.92 Å². The van der Waals surface area contributed by atoms with Crippen molar-refractivity contribution in [1.82, 2.24) is 5.16 Å². The van der Waals surface area contributed by atoms with Crippen LogP contribution in [0.5, 0.6) is 5.75 Å². The smallest absolute Gasteiger partial charge is 0.294 e. The highest BCUT2D eigenvalue weighted by atomic mass is 16.5. The van der Waals surface area contributed by atoms with E-state index in [0.29, 0.717) is 22.8 Å². The number of benzene rings is 1. The molecule has 6 nitrogen and oxygen atoms in total. The Kier molecular flexibility index (Phi) is 3.18. The summed E-state index contributed by atoms with van der Waals surface area (Å²) < 4.78 is 9.92. The number of carbonyl (C=O) groups excluding carboxylic acids is 1. The number of hydrogen-bond acceptors (Lipinski definition) is 5. The number of aryl methyl sites for hydroxylation is 1. The van der Waals surface area contributed by atoms with Gasteiger partial charge < -0.3 is 20.3 Å². The number of aromatic nitrogens is 1. The van der Waals surface area contributed by atoms with Crippen molar-refractivity contribution in [1.29, 1.82) is 0 Å². The van der Waals surface area contributed by atoms with Crippen LogP contribution in [0.3, 0.4) is 0 Å². The number of nitrogens with two attached hydrogens (primary N) is 1. The SMILES string of the molecule is COc1ccc(N)c(NC(=O)c2cc(C)no2)c1. The van der Waals surface area contributed by atoms with Crippen LogP contribution in [0, 0.1) is 6.92 Å². The minimum Gasteiger partial charge on any atom is -0.497 e. The van der Waals surface area contributed by atoms with Gasteiger partial charge in [-0.3, -0.25) is 4.79 Å². The van der Waals surface area contributed by atoms with E-state index in [0.717, 1.165) is 0 Å². The van der Waals surface area contributed by atoms with Crippen molar-refractivity contribution >= 4 is 17.3 Å². The predicted octanol–water partition coefficient (Wildman–Crippen LogP) is 1.83. The van der Waals surface area contributed by atoms with Crippen molar-refractivity contribution < 1.29 is 14.1 Å². The normalized spacial score (nSPS) is 10.1. The van der Waals surface area contributed by atoms with Gasteiger partial charge in [-0.05, 0) is 19.1 Å². The molecule has 0 fully saturated rings. The van der Waals surface area contributed by atoms with E-state index in [4.69, 9.17) is 15.0 Å². The maximum atomic E-state index is 11.8. The Morgan fingerprint density at radius 1 is 1.44 bits per heavy atom. The molecule has 0 radical (unpaired) electrons. The maximum Gasteiger partial charge on any atom is 0.294 e. The summed E-state index contributed by atoms with van der Waals surface area (Å²) in [6, 6.07) is 6.55. The molecule has 0 aliphatic rings. The molecule has 0 unspecified atom stereocenters. The minimum absolute atomic E-state index is 0.134. The highest BCUT2D eigenvalue weighted by Crippen LogP contribution is 2.24. The third kappa shape index (κ3) is 2.42. The average Bonchev–Trinajstić information content (AvgIpc) is 2.79. The molecule has 18 heavy (non-hydrogen) atoms. The highest BCUT2D eigenvalue weighted by Gasteiger charge is 2.13. The summed E-state index contributed by atoms with van der Waals surface area (Å²) in [7, 11) is 1.54. The number of methoxy groups -OCH3 is 1. The van der Waals surface area contributed by atoms with Crippen LogP contribution in [-0.4, -0.2) is 18.2 Å². The van der Waals surface area contributed by atoms with Gasteiger partial charge in [-0.1, -0.05) is 5.16 Å². The average molecular weight is 247 g/mol. The first-order valence-electron chi connectivity index (χ1n) is 5.28. The molecule has 94 valence electrons. The van der Waals surface area contributed by atoms with Gasteiger partial charge in [0.1, 0.15) is 5.75 Å². The molecule has 0 saturated heterocycles. The van der Waals surface area contributed by atoms with E-state index in [1.54, 1.807) is 31.2 Å². The summed E-state index contributed by atoms with van der Waals surface area (Å²) in [6.07, 6.45) is 0. The van der Waals surface area contributed by atoms with Crippen LogP contribution in [-0.2, 0) is 0 Å². The number of carbonyl (C=O) groups is 1. The summed E-state index contributed by atoms with van der Waals surface area (Å²) in [5.74, 6) is 0.332. The second-order valence-corrected chi connectivity index (χ2v) is 3.74. The Bertz CT molecular complexity index is 578. The molecule has 1 aromatic heterocycles. The summed E-state index contributed by atoms with van der Waals surface area (Å²) in [5, 5.41) is 6.28. The lowest BCUT2D eigenvalue weighted by molar-refractivity contribution is 0.0988. The standard InChI is InChI=1S/C12H13N3O3/c1-7-5-11(18-15-7)12(16)14-10-6-8(17-2)3-4-9(10)13/h3-6H,13H2,1-2H3,(H,14,16). The number of nitrogen functional groups attached to an aromatic ring is 1. The van der Waals surface area contributed by atoms with Crippen LogP contribution in [0.2, 0.25) is 0 Å². The molecule has 0 aliphatic carbocycles. The number of nitrogens with zero attached hydrogens (tertiary/aromatic N) is 1.